The quantitative estimate of drug-likeness (QED) is 0.270. The van der Waals surface area contributed by atoms with Crippen molar-refractivity contribution in [1.29, 1.82) is 0 Å². The van der Waals surface area contributed by atoms with Crippen LogP contribution in [-0.2, 0) is 26.1 Å². The zero-order valence-electron chi connectivity index (χ0n) is 24.3. The second-order valence-corrected chi connectivity index (χ2v) is 12.4. The van der Waals surface area contributed by atoms with Crippen molar-refractivity contribution in [2.45, 2.75) is 23.6 Å². The number of amides is 2. The Morgan fingerprint density at radius 3 is 2.18 bits per heavy atom. The summed E-state index contributed by atoms with van der Waals surface area (Å²) in [7, 11) is -4.20. The molecule has 0 radical (unpaired) electrons. The number of carbonyl (C=O) groups excluding carboxylic acids is 2. The predicted molar refractivity (Wildman–Crippen MR) is 168 cm³/mol. The topological polar surface area (TPSA) is 122 Å². The first kappa shape index (κ1) is 29.9. The Balaban J connectivity index is 1.31. The Morgan fingerprint density at radius 2 is 1.49 bits per heavy atom. The van der Waals surface area contributed by atoms with Crippen LogP contribution in [0.3, 0.4) is 0 Å². The van der Waals surface area contributed by atoms with E-state index in [0.717, 1.165) is 21.0 Å². The van der Waals surface area contributed by atoms with Gasteiger partial charge in [-0.3, -0.25) is 14.8 Å². The van der Waals surface area contributed by atoms with E-state index in [0.29, 0.717) is 10.9 Å². The van der Waals surface area contributed by atoms with Crippen LogP contribution in [0.1, 0.15) is 22.6 Å². The van der Waals surface area contributed by atoms with Gasteiger partial charge in [-0.2, -0.15) is 4.31 Å². The summed E-state index contributed by atoms with van der Waals surface area (Å²) in [4.78, 5) is 37.2. The highest BCUT2D eigenvalue weighted by Gasteiger charge is 2.42. The van der Waals surface area contributed by atoms with Crippen molar-refractivity contribution < 1.29 is 22.7 Å². The molecular weight excluding hydrogens is 590 g/mol. The Kier molecular flexibility index (Phi) is 8.81. The molecule has 2 amide bonds. The van der Waals surface area contributed by atoms with E-state index in [-0.39, 0.29) is 37.0 Å². The van der Waals surface area contributed by atoms with Gasteiger partial charge in [-0.05, 0) is 41.0 Å². The maximum Gasteiger partial charge on any atom is 0.409 e. The lowest BCUT2D eigenvalue weighted by Gasteiger charge is -2.40. The minimum absolute atomic E-state index is 0.00221. The first-order valence-corrected chi connectivity index (χ1v) is 15.9. The smallest absolute Gasteiger partial charge is 0.409 e. The monoisotopic (exact) mass is 621 g/mol. The van der Waals surface area contributed by atoms with Crippen molar-refractivity contribution in [1.82, 2.24) is 24.5 Å². The number of nitrogens with zero attached hydrogens (tertiary/aromatic N) is 4. The van der Waals surface area contributed by atoms with Gasteiger partial charge in [-0.25, -0.2) is 13.2 Å². The van der Waals surface area contributed by atoms with E-state index in [1.54, 1.807) is 53.7 Å². The number of alkyl carbamates (subject to hydrolysis) is 1. The Hall–Kier alpha value is -5.13. The number of carbonyl (C=O) groups is 2. The lowest BCUT2D eigenvalue weighted by molar-refractivity contribution is -0.137. The second-order valence-electron chi connectivity index (χ2n) is 10.6. The normalized spacial score (nSPS) is 15.6. The van der Waals surface area contributed by atoms with Crippen LogP contribution in [0.15, 0.2) is 127 Å². The van der Waals surface area contributed by atoms with E-state index >= 15 is 0 Å². The zero-order chi connectivity index (χ0) is 31.2. The molecule has 1 saturated heterocycles. The highest BCUT2D eigenvalue weighted by Crippen LogP contribution is 2.31. The first-order chi connectivity index (χ1) is 21.9. The van der Waals surface area contributed by atoms with Crippen molar-refractivity contribution in [2.75, 3.05) is 19.6 Å². The zero-order valence-corrected chi connectivity index (χ0v) is 25.1. The molecule has 3 heterocycles. The van der Waals surface area contributed by atoms with E-state index in [2.05, 4.69) is 15.3 Å². The molecule has 6 rings (SSSR count). The van der Waals surface area contributed by atoms with Gasteiger partial charge in [0.15, 0.2) is 6.23 Å². The molecule has 11 heteroatoms. The average Bonchev–Trinajstić information content (AvgIpc) is 3.08. The molecule has 3 aromatic carbocycles. The van der Waals surface area contributed by atoms with Gasteiger partial charge in [0.05, 0.1) is 18.0 Å². The number of pyridine rings is 2. The largest absolute Gasteiger partial charge is 0.427 e. The van der Waals surface area contributed by atoms with Crippen LogP contribution in [0.2, 0.25) is 0 Å². The molecule has 1 fully saturated rings. The van der Waals surface area contributed by atoms with Crippen LogP contribution < -0.4 is 5.32 Å². The highest BCUT2D eigenvalue weighted by atomic mass is 32.2. The van der Waals surface area contributed by atoms with Gasteiger partial charge in [0.2, 0.25) is 15.9 Å². The van der Waals surface area contributed by atoms with Crippen molar-refractivity contribution in [3.05, 3.63) is 138 Å². The summed E-state index contributed by atoms with van der Waals surface area (Å²) in [6.07, 6.45) is 2.64. The molecule has 228 valence electrons. The minimum Gasteiger partial charge on any atom is -0.427 e. The Morgan fingerprint density at radius 1 is 0.822 bits per heavy atom. The third-order valence-corrected chi connectivity index (χ3v) is 9.64. The summed E-state index contributed by atoms with van der Waals surface area (Å²) < 4.78 is 35.3. The van der Waals surface area contributed by atoms with E-state index in [9.17, 15) is 18.0 Å². The average molecular weight is 622 g/mol. The Labute approximate surface area is 261 Å². The molecule has 1 aliphatic heterocycles. The van der Waals surface area contributed by atoms with Gasteiger partial charge in [-0.1, -0.05) is 78.9 Å². The van der Waals surface area contributed by atoms with Crippen LogP contribution in [0, 0.1) is 0 Å². The number of sulfonamides is 1. The summed E-state index contributed by atoms with van der Waals surface area (Å²) in [5.41, 5.74) is 2.71. The van der Waals surface area contributed by atoms with Crippen molar-refractivity contribution in [3.8, 4) is 0 Å². The SMILES string of the molecule is O=C(NCc1ccncc1)OC1CN(C(=O)C(c2ccccc2)c2ccccc2)CCN1S(=O)(=O)c1cccc2cccnc12. The number of hydrogen-bond donors (Lipinski definition) is 1. The molecule has 1 N–H and O–H groups in total. The fourth-order valence-electron chi connectivity index (χ4n) is 5.51. The molecule has 0 saturated carbocycles. The number of fused-ring (bicyclic) bond motifs is 1. The van der Waals surface area contributed by atoms with Crippen LogP contribution >= 0.6 is 0 Å². The van der Waals surface area contributed by atoms with Crippen LogP contribution in [0.25, 0.3) is 10.9 Å². The number of aromatic nitrogens is 2. The molecule has 0 aliphatic carbocycles. The summed E-state index contributed by atoms with van der Waals surface area (Å²) in [5.74, 6) is -0.846. The van der Waals surface area contributed by atoms with Crippen molar-refractivity contribution >= 4 is 32.9 Å². The highest BCUT2D eigenvalue weighted by molar-refractivity contribution is 7.89. The van der Waals surface area contributed by atoms with Gasteiger partial charge < -0.3 is 15.0 Å². The molecule has 1 atom stereocenters. The van der Waals surface area contributed by atoms with Crippen molar-refractivity contribution in [3.63, 3.8) is 0 Å². The Bertz CT molecular complexity index is 1850. The van der Waals surface area contributed by atoms with Gasteiger partial charge in [-0.15, -0.1) is 0 Å². The lowest BCUT2D eigenvalue weighted by atomic mass is 9.90. The fraction of sp³-hybridized carbons (Fsp3) is 0.176. The van der Waals surface area contributed by atoms with Crippen LogP contribution in [-0.4, -0.2) is 65.5 Å². The van der Waals surface area contributed by atoms with E-state index in [4.69, 9.17) is 4.74 Å². The van der Waals surface area contributed by atoms with Gasteiger partial charge in [0.25, 0.3) is 0 Å². The molecule has 0 spiro atoms. The number of ether oxygens (including phenoxy) is 1. The molecule has 1 unspecified atom stereocenters. The molecule has 0 bridgehead atoms. The maximum absolute atomic E-state index is 14.2. The van der Waals surface area contributed by atoms with Crippen LogP contribution in [0.4, 0.5) is 4.79 Å². The molecular formula is C34H31N5O5S. The lowest BCUT2D eigenvalue weighted by Crippen LogP contribution is -2.59. The van der Waals surface area contributed by atoms with Gasteiger partial charge in [0, 0.05) is 43.6 Å². The predicted octanol–water partition coefficient (Wildman–Crippen LogP) is 4.55. The number of hydrogen-bond acceptors (Lipinski definition) is 7. The standard InChI is InChI=1S/C34H31N5O5S/c40-33(31(26-9-3-1-4-10-26)27-11-5-2-6-12-27)38-21-22-39(30(24-38)44-34(41)37-23-25-16-19-35-20-17-25)45(42,43)29-15-7-13-28-14-8-18-36-32(28)29/h1-20,30-31H,21-24H2,(H,37,41). The minimum atomic E-state index is -4.20. The number of para-hydroxylation sites is 1. The van der Waals surface area contributed by atoms with Gasteiger partial charge in [0.1, 0.15) is 4.90 Å². The molecule has 45 heavy (non-hydrogen) atoms. The summed E-state index contributed by atoms with van der Waals surface area (Å²) in [6, 6.07) is 30.8. The molecule has 5 aromatic rings. The van der Waals surface area contributed by atoms with Gasteiger partial charge >= 0.3 is 6.09 Å². The van der Waals surface area contributed by atoms with Crippen LogP contribution in [0.5, 0.6) is 0 Å². The summed E-state index contributed by atoms with van der Waals surface area (Å²) in [6.45, 7) is 0.0106. The second kappa shape index (κ2) is 13.2. The summed E-state index contributed by atoms with van der Waals surface area (Å²) in [5, 5.41) is 3.34. The summed E-state index contributed by atoms with van der Waals surface area (Å²) >= 11 is 0. The van der Waals surface area contributed by atoms with E-state index in [1.165, 1.54) is 12.3 Å². The van der Waals surface area contributed by atoms with E-state index < -0.39 is 28.3 Å². The molecule has 10 nitrogen and oxygen atoms in total. The fourth-order valence-corrected chi connectivity index (χ4v) is 7.17. The maximum atomic E-state index is 14.2. The number of nitrogens with one attached hydrogen (secondary N) is 1. The van der Waals surface area contributed by atoms with Crippen molar-refractivity contribution in [2.24, 2.45) is 0 Å². The van der Waals surface area contributed by atoms with E-state index in [1.807, 2.05) is 60.7 Å². The molecule has 1 aliphatic rings. The third kappa shape index (κ3) is 6.54. The number of piperazine rings is 1. The molecule has 2 aromatic heterocycles. The third-order valence-electron chi connectivity index (χ3n) is 7.72. The number of benzene rings is 3. The first-order valence-electron chi connectivity index (χ1n) is 14.5. The number of rotatable bonds is 8.